The minimum Gasteiger partial charge on any atom is -0.354 e. The quantitative estimate of drug-likeness (QED) is 0.880. The zero-order valence-corrected chi connectivity index (χ0v) is 10.9. The molecule has 1 atom stereocenters. The van der Waals surface area contributed by atoms with E-state index in [-0.39, 0.29) is 0 Å². The molecule has 5 heteroatoms. The molecule has 0 aliphatic carbocycles. The first-order valence-electron chi connectivity index (χ1n) is 5.89. The van der Waals surface area contributed by atoms with Crippen LogP contribution in [0.4, 0.5) is 5.82 Å². The summed E-state index contributed by atoms with van der Waals surface area (Å²) >= 11 is 1.74. The van der Waals surface area contributed by atoms with Crippen molar-refractivity contribution in [2.75, 3.05) is 25.0 Å². The number of rotatable bonds is 2. The second kappa shape index (κ2) is 4.23. The highest BCUT2D eigenvalue weighted by Gasteiger charge is 2.22. The summed E-state index contributed by atoms with van der Waals surface area (Å²) in [5, 5.41) is 5.55. The van der Waals surface area contributed by atoms with E-state index in [4.69, 9.17) is 0 Å². The number of likely N-dealkylation sites (N-methyl/N-ethyl adjacent to an activating group) is 1. The minimum absolute atomic E-state index is 0.551. The Morgan fingerprint density at radius 1 is 1.47 bits per heavy atom. The Morgan fingerprint density at radius 2 is 2.35 bits per heavy atom. The Balaban J connectivity index is 2.04. The van der Waals surface area contributed by atoms with Crippen LogP contribution in [0.15, 0.2) is 11.7 Å². The van der Waals surface area contributed by atoms with Crippen LogP contribution in [0.25, 0.3) is 10.2 Å². The molecule has 2 aromatic rings. The van der Waals surface area contributed by atoms with Crippen molar-refractivity contribution in [3.63, 3.8) is 0 Å². The van der Waals surface area contributed by atoms with Gasteiger partial charge in [-0.25, -0.2) is 9.97 Å². The van der Waals surface area contributed by atoms with Crippen LogP contribution in [0.2, 0.25) is 0 Å². The van der Waals surface area contributed by atoms with Gasteiger partial charge in [-0.3, -0.25) is 0 Å². The van der Waals surface area contributed by atoms with E-state index in [1.807, 2.05) is 0 Å². The summed E-state index contributed by atoms with van der Waals surface area (Å²) in [6.45, 7) is 4.26. The number of thiophene rings is 1. The van der Waals surface area contributed by atoms with Crippen molar-refractivity contribution in [1.29, 1.82) is 0 Å². The van der Waals surface area contributed by atoms with Crippen LogP contribution in [-0.2, 0) is 0 Å². The van der Waals surface area contributed by atoms with Crippen LogP contribution in [-0.4, -0.2) is 36.1 Å². The largest absolute Gasteiger partial charge is 0.354 e. The van der Waals surface area contributed by atoms with Gasteiger partial charge < -0.3 is 10.2 Å². The van der Waals surface area contributed by atoms with Crippen LogP contribution in [0, 0.1) is 6.92 Å². The smallest absolute Gasteiger partial charge is 0.150 e. The van der Waals surface area contributed by atoms with Crippen molar-refractivity contribution in [3.8, 4) is 0 Å². The predicted octanol–water partition coefficient (Wildman–Crippen LogP) is 1.80. The van der Waals surface area contributed by atoms with Gasteiger partial charge in [0, 0.05) is 19.6 Å². The van der Waals surface area contributed by atoms with Crippen LogP contribution < -0.4 is 10.2 Å². The molecule has 0 bridgehead atoms. The van der Waals surface area contributed by atoms with Gasteiger partial charge in [-0.1, -0.05) is 0 Å². The molecular weight excluding hydrogens is 232 g/mol. The number of nitrogens with one attached hydrogen (secondary N) is 1. The van der Waals surface area contributed by atoms with Crippen molar-refractivity contribution in [3.05, 3.63) is 17.3 Å². The maximum absolute atomic E-state index is 4.46. The van der Waals surface area contributed by atoms with Gasteiger partial charge in [0.1, 0.15) is 12.1 Å². The number of aryl methyl sites for hydroxylation is 1. The first kappa shape index (κ1) is 10.9. The van der Waals surface area contributed by atoms with E-state index in [0.29, 0.717) is 6.04 Å². The Morgan fingerprint density at radius 3 is 3.12 bits per heavy atom. The van der Waals surface area contributed by atoms with Crippen LogP contribution >= 0.6 is 11.3 Å². The SMILES string of the molecule is Cc1csc2c(N(C)C3CCNC3)ncnc12. The van der Waals surface area contributed by atoms with E-state index in [9.17, 15) is 0 Å². The second-order valence-electron chi connectivity index (χ2n) is 4.55. The molecule has 17 heavy (non-hydrogen) atoms. The monoisotopic (exact) mass is 248 g/mol. The van der Waals surface area contributed by atoms with E-state index >= 15 is 0 Å². The van der Waals surface area contributed by atoms with E-state index in [2.05, 4.69) is 39.5 Å². The number of anilines is 1. The third-order valence-corrected chi connectivity index (χ3v) is 4.51. The van der Waals surface area contributed by atoms with Crippen molar-refractivity contribution < 1.29 is 0 Å². The fourth-order valence-electron chi connectivity index (χ4n) is 2.35. The van der Waals surface area contributed by atoms with Crippen molar-refractivity contribution in [2.45, 2.75) is 19.4 Å². The first-order valence-corrected chi connectivity index (χ1v) is 6.77. The molecule has 0 aromatic carbocycles. The first-order chi connectivity index (χ1) is 8.27. The van der Waals surface area contributed by atoms with Crippen LogP contribution in [0.1, 0.15) is 12.0 Å². The summed E-state index contributed by atoms with van der Waals surface area (Å²) < 4.78 is 1.21. The molecule has 0 amide bonds. The molecule has 4 nitrogen and oxygen atoms in total. The van der Waals surface area contributed by atoms with Gasteiger partial charge in [0.15, 0.2) is 0 Å². The molecule has 3 rings (SSSR count). The normalized spacial score (nSPS) is 20.0. The number of nitrogens with zero attached hydrogens (tertiary/aromatic N) is 3. The third kappa shape index (κ3) is 1.79. The maximum atomic E-state index is 4.46. The highest BCUT2D eigenvalue weighted by molar-refractivity contribution is 7.18. The summed E-state index contributed by atoms with van der Waals surface area (Å²) in [4.78, 5) is 11.1. The lowest BCUT2D eigenvalue weighted by Crippen LogP contribution is -2.33. The van der Waals surface area contributed by atoms with Crippen molar-refractivity contribution in [2.24, 2.45) is 0 Å². The minimum atomic E-state index is 0.551. The summed E-state index contributed by atoms with van der Waals surface area (Å²) in [6.07, 6.45) is 2.86. The van der Waals surface area contributed by atoms with Gasteiger partial charge in [-0.05, 0) is 30.8 Å². The lowest BCUT2D eigenvalue weighted by molar-refractivity contribution is 0.680. The van der Waals surface area contributed by atoms with E-state index in [1.165, 1.54) is 16.7 Å². The topological polar surface area (TPSA) is 41.0 Å². The lowest BCUT2D eigenvalue weighted by atomic mass is 10.2. The Bertz CT molecular complexity index is 530. The molecule has 0 saturated carbocycles. The summed E-state index contributed by atoms with van der Waals surface area (Å²) in [5.74, 6) is 1.07. The van der Waals surface area contributed by atoms with Crippen molar-refractivity contribution >= 4 is 27.4 Å². The van der Waals surface area contributed by atoms with Crippen molar-refractivity contribution in [1.82, 2.24) is 15.3 Å². The molecule has 3 heterocycles. The van der Waals surface area contributed by atoms with Gasteiger partial charge in [-0.2, -0.15) is 0 Å². The average Bonchev–Trinajstić information content (AvgIpc) is 2.98. The fourth-order valence-corrected chi connectivity index (χ4v) is 3.38. The van der Waals surface area contributed by atoms with Gasteiger partial charge in [0.2, 0.25) is 0 Å². The standard InChI is InChI=1S/C12H16N4S/c1-8-6-17-11-10(8)14-7-15-12(11)16(2)9-3-4-13-5-9/h6-7,9,13H,3-5H2,1-2H3. The number of fused-ring (bicyclic) bond motifs is 1. The number of hydrogen-bond acceptors (Lipinski definition) is 5. The molecule has 0 spiro atoms. The number of hydrogen-bond donors (Lipinski definition) is 1. The molecule has 0 radical (unpaired) electrons. The molecule has 1 fully saturated rings. The Kier molecular flexibility index (Phi) is 2.72. The predicted molar refractivity (Wildman–Crippen MR) is 71.8 cm³/mol. The van der Waals surface area contributed by atoms with E-state index < -0.39 is 0 Å². The molecule has 2 aromatic heterocycles. The maximum Gasteiger partial charge on any atom is 0.150 e. The second-order valence-corrected chi connectivity index (χ2v) is 5.43. The molecule has 90 valence electrons. The van der Waals surface area contributed by atoms with Crippen LogP contribution in [0.3, 0.4) is 0 Å². The average molecular weight is 248 g/mol. The van der Waals surface area contributed by atoms with Crippen LogP contribution in [0.5, 0.6) is 0 Å². The number of aromatic nitrogens is 2. The Hall–Kier alpha value is -1.20. The Labute approximate surface area is 105 Å². The third-order valence-electron chi connectivity index (χ3n) is 3.43. The molecular formula is C12H16N4S. The molecule has 1 aliphatic rings. The summed E-state index contributed by atoms with van der Waals surface area (Å²) in [7, 11) is 2.13. The van der Waals surface area contributed by atoms with Gasteiger partial charge in [0.05, 0.1) is 10.2 Å². The fraction of sp³-hybridized carbons (Fsp3) is 0.500. The van der Waals surface area contributed by atoms with Gasteiger partial charge in [-0.15, -0.1) is 11.3 Å². The highest BCUT2D eigenvalue weighted by atomic mass is 32.1. The molecule has 1 unspecified atom stereocenters. The molecule has 1 saturated heterocycles. The summed E-state index contributed by atoms with van der Waals surface area (Å²) in [5.41, 5.74) is 2.34. The van der Waals surface area contributed by atoms with E-state index in [0.717, 1.165) is 24.4 Å². The highest BCUT2D eigenvalue weighted by Crippen LogP contribution is 2.31. The lowest BCUT2D eigenvalue weighted by Gasteiger charge is -2.24. The van der Waals surface area contributed by atoms with E-state index in [1.54, 1.807) is 17.7 Å². The van der Waals surface area contributed by atoms with Gasteiger partial charge in [0.25, 0.3) is 0 Å². The summed E-state index contributed by atoms with van der Waals surface area (Å²) in [6, 6.07) is 0.551. The molecule has 1 N–H and O–H groups in total. The zero-order valence-electron chi connectivity index (χ0n) is 10.1. The zero-order chi connectivity index (χ0) is 11.8. The molecule has 1 aliphatic heterocycles. The van der Waals surface area contributed by atoms with Gasteiger partial charge >= 0.3 is 0 Å².